The maximum Gasteiger partial charge on any atom is 0.315 e. The standard InChI is InChI=1S/C21H18N2OS2/c24-21(22-13-16-7-3-6-15-5-1-2-8-18(15)16)23-20(17-10-12-25-14-17)19-9-4-11-26-19/h1-12,14,20H,13H2,(H2,22,23,24)/t20-/m1/s1. The minimum Gasteiger partial charge on any atom is -0.334 e. The van der Waals surface area contributed by atoms with Gasteiger partial charge in [-0.1, -0.05) is 48.5 Å². The highest BCUT2D eigenvalue weighted by Gasteiger charge is 2.18. The fourth-order valence-electron chi connectivity index (χ4n) is 3.02. The fourth-order valence-corrected chi connectivity index (χ4v) is 4.51. The summed E-state index contributed by atoms with van der Waals surface area (Å²) < 4.78 is 0. The van der Waals surface area contributed by atoms with E-state index in [1.165, 1.54) is 10.8 Å². The third-order valence-corrected chi connectivity index (χ3v) is 5.94. The van der Waals surface area contributed by atoms with Gasteiger partial charge in [0.05, 0.1) is 6.04 Å². The SMILES string of the molecule is O=C(NCc1cccc2ccccc12)N[C@H](c1ccsc1)c1cccs1. The molecule has 2 amide bonds. The summed E-state index contributed by atoms with van der Waals surface area (Å²) in [5.74, 6) is 0. The van der Waals surface area contributed by atoms with Crippen LogP contribution in [0.1, 0.15) is 22.0 Å². The van der Waals surface area contributed by atoms with Crippen LogP contribution in [0.5, 0.6) is 0 Å². The molecule has 130 valence electrons. The number of nitrogens with one attached hydrogen (secondary N) is 2. The highest BCUT2D eigenvalue weighted by atomic mass is 32.1. The Morgan fingerprint density at radius 2 is 1.85 bits per heavy atom. The van der Waals surface area contributed by atoms with Gasteiger partial charge in [0.1, 0.15) is 0 Å². The van der Waals surface area contributed by atoms with Gasteiger partial charge in [-0.25, -0.2) is 4.79 Å². The zero-order valence-electron chi connectivity index (χ0n) is 14.0. The lowest BCUT2D eigenvalue weighted by molar-refractivity contribution is 0.238. The van der Waals surface area contributed by atoms with Crippen LogP contribution in [0, 0.1) is 0 Å². The Kier molecular flexibility index (Phi) is 5.00. The van der Waals surface area contributed by atoms with E-state index >= 15 is 0 Å². The quantitative estimate of drug-likeness (QED) is 0.469. The second kappa shape index (κ2) is 7.72. The van der Waals surface area contributed by atoms with Crippen molar-refractivity contribution in [1.29, 1.82) is 0 Å². The second-order valence-corrected chi connectivity index (χ2v) is 7.73. The Morgan fingerprint density at radius 1 is 0.962 bits per heavy atom. The topological polar surface area (TPSA) is 41.1 Å². The average Bonchev–Trinajstić information content (AvgIpc) is 3.38. The Balaban J connectivity index is 1.47. The third-order valence-electron chi connectivity index (χ3n) is 4.30. The number of hydrogen-bond donors (Lipinski definition) is 2. The molecule has 0 aliphatic heterocycles. The van der Waals surface area contributed by atoms with Gasteiger partial charge in [0.2, 0.25) is 0 Å². The first-order valence-corrected chi connectivity index (χ1v) is 10.2. The van der Waals surface area contributed by atoms with Crippen LogP contribution in [0.2, 0.25) is 0 Å². The summed E-state index contributed by atoms with van der Waals surface area (Å²) in [6, 6.07) is 20.2. The molecule has 4 aromatic rings. The monoisotopic (exact) mass is 378 g/mol. The Morgan fingerprint density at radius 3 is 2.65 bits per heavy atom. The van der Waals surface area contributed by atoms with E-state index in [2.05, 4.69) is 52.4 Å². The van der Waals surface area contributed by atoms with E-state index in [0.29, 0.717) is 6.54 Å². The molecule has 26 heavy (non-hydrogen) atoms. The number of hydrogen-bond acceptors (Lipinski definition) is 3. The first-order chi connectivity index (χ1) is 12.8. The Labute approximate surface area is 160 Å². The summed E-state index contributed by atoms with van der Waals surface area (Å²) in [5.41, 5.74) is 2.22. The van der Waals surface area contributed by atoms with Crippen molar-refractivity contribution in [2.24, 2.45) is 0 Å². The van der Waals surface area contributed by atoms with Crippen LogP contribution in [0.15, 0.2) is 76.8 Å². The smallest absolute Gasteiger partial charge is 0.315 e. The fraction of sp³-hybridized carbons (Fsp3) is 0.0952. The van der Waals surface area contributed by atoms with Crippen molar-refractivity contribution < 1.29 is 4.79 Å². The summed E-state index contributed by atoms with van der Waals surface area (Å²) in [6.07, 6.45) is 0. The number of thiophene rings is 2. The number of amides is 2. The van der Waals surface area contributed by atoms with E-state index in [0.717, 1.165) is 16.0 Å². The average molecular weight is 379 g/mol. The number of benzene rings is 2. The van der Waals surface area contributed by atoms with Crippen LogP contribution in [-0.2, 0) is 6.54 Å². The molecule has 4 rings (SSSR count). The number of fused-ring (bicyclic) bond motifs is 1. The zero-order valence-corrected chi connectivity index (χ0v) is 15.6. The number of urea groups is 1. The van der Waals surface area contributed by atoms with E-state index in [-0.39, 0.29) is 12.1 Å². The normalized spacial score (nSPS) is 12.0. The van der Waals surface area contributed by atoms with Gasteiger partial charge in [0.15, 0.2) is 0 Å². The molecular weight excluding hydrogens is 360 g/mol. The summed E-state index contributed by atoms with van der Waals surface area (Å²) in [6.45, 7) is 0.494. The molecule has 0 aliphatic carbocycles. The van der Waals surface area contributed by atoms with Gasteiger partial charge in [0.25, 0.3) is 0 Å². The van der Waals surface area contributed by atoms with E-state index < -0.39 is 0 Å². The lowest BCUT2D eigenvalue weighted by Gasteiger charge is -2.17. The van der Waals surface area contributed by atoms with E-state index in [1.54, 1.807) is 22.7 Å². The van der Waals surface area contributed by atoms with Crippen LogP contribution >= 0.6 is 22.7 Å². The third kappa shape index (κ3) is 3.64. The van der Waals surface area contributed by atoms with Gasteiger partial charge in [-0.05, 0) is 50.2 Å². The summed E-state index contributed by atoms with van der Waals surface area (Å²) in [4.78, 5) is 13.7. The summed E-state index contributed by atoms with van der Waals surface area (Å²) in [5, 5.41) is 14.6. The second-order valence-electron chi connectivity index (χ2n) is 5.97. The van der Waals surface area contributed by atoms with Crippen molar-refractivity contribution in [2.75, 3.05) is 0 Å². The van der Waals surface area contributed by atoms with Crippen LogP contribution in [0.25, 0.3) is 10.8 Å². The molecule has 0 radical (unpaired) electrons. The van der Waals surface area contributed by atoms with Gasteiger partial charge in [-0.3, -0.25) is 0 Å². The van der Waals surface area contributed by atoms with Crippen molar-refractivity contribution in [1.82, 2.24) is 10.6 Å². The minimum atomic E-state index is -0.164. The predicted octanol–water partition coefficient (Wildman–Crippen LogP) is 5.55. The lowest BCUT2D eigenvalue weighted by Crippen LogP contribution is -2.37. The number of carbonyl (C=O) groups excluding carboxylic acids is 1. The molecule has 0 aliphatic rings. The molecule has 0 saturated carbocycles. The van der Waals surface area contributed by atoms with Crippen LogP contribution in [-0.4, -0.2) is 6.03 Å². The van der Waals surface area contributed by atoms with Crippen LogP contribution in [0.4, 0.5) is 4.79 Å². The highest BCUT2D eigenvalue weighted by Crippen LogP contribution is 2.27. The number of rotatable bonds is 5. The van der Waals surface area contributed by atoms with Crippen molar-refractivity contribution in [2.45, 2.75) is 12.6 Å². The zero-order chi connectivity index (χ0) is 17.8. The Hall–Kier alpha value is -2.63. The molecule has 0 spiro atoms. The molecule has 2 aromatic heterocycles. The van der Waals surface area contributed by atoms with Crippen LogP contribution < -0.4 is 10.6 Å². The van der Waals surface area contributed by atoms with Crippen molar-refractivity contribution in [3.63, 3.8) is 0 Å². The lowest BCUT2D eigenvalue weighted by atomic mass is 10.0. The molecule has 2 heterocycles. The van der Waals surface area contributed by atoms with Crippen molar-refractivity contribution in [3.8, 4) is 0 Å². The van der Waals surface area contributed by atoms with Gasteiger partial charge >= 0.3 is 6.03 Å². The van der Waals surface area contributed by atoms with E-state index in [4.69, 9.17) is 0 Å². The highest BCUT2D eigenvalue weighted by molar-refractivity contribution is 7.10. The predicted molar refractivity (Wildman–Crippen MR) is 110 cm³/mol. The summed E-state index contributed by atoms with van der Waals surface area (Å²) >= 11 is 3.29. The molecule has 0 bridgehead atoms. The molecular formula is C21H18N2OS2. The largest absolute Gasteiger partial charge is 0.334 e. The molecule has 0 saturated heterocycles. The van der Waals surface area contributed by atoms with Gasteiger partial charge in [-0.2, -0.15) is 11.3 Å². The van der Waals surface area contributed by atoms with E-state index in [1.807, 2.05) is 35.0 Å². The number of carbonyl (C=O) groups is 1. The summed E-state index contributed by atoms with van der Waals surface area (Å²) in [7, 11) is 0. The van der Waals surface area contributed by atoms with Crippen LogP contribution in [0.3, 0.4) is 0 Å². The molecule has 5 heteroatoms. The van der Waals surface area contributed by atoms with Crippen molar-refractivity contribution >= 4 is 39.5 Å². The molecule has 2 aromatic carbocycles. The maximum absolute atomic E-state index is 12.5. The first-order valence-electron chi connectivity index (χ1n) is 8.38. The maximum atomic E-state index is 12.5. The molecule has 2 N–H and O–H groups in total. The Bertz CT molecular complexity index is 954. The van der Waals surface area contributed by atoms with Gasteiger partial charge in [-0.15, -0.1) is 11.3 Å². The van der Waals surface area contributed by atoms with Gasteiger partial charge < -0.3 is 10.6 Å². The minimum absolute atomic E-state index is 0.117. The first kappa shape index (κ1) is 16.8. The molecule has 3 nitrogen and oxygen atoms in total. The van der Waals surface area contributed by atoms with Crippen molar-refractivity contribution in [3.05, 3.63) is 92.8 Å². The van der Waals surface area contributed by atoms with Gasteiger partial charge in [0, 0.05) is 11.4 Å². The molecule has 0 fully saturated rings. The van der Waals surface area contributed by atoms with E-state index in [9.17, 15) is 4.79 Å². The molecule has 0 unspecified atom stereocenters. The molecule has 1 atom stereocenters.